The lowest BCUT2D eigenvalue weighted by atomic mass is 10.2. The van der Waals surface area contributed by atoms with Gasteiger partial charge < -0.3 is 10.1 Å². The largest absolute Gasteiger partial charge is 0.436 e. The zero-order chi connectivity index (χ0) is 12.3. The molecule has 0 saturated heterocycles. The summed E-state index contributed by atoms with van der Waals surface area (Å²) in [7, 11) is 1.66. The minimum absolute atomic E-state index is 0.0896. The van der Waals surface area contributed by atoms with Crippen molar-refractivity contribution in [1.82, 2.24) is 9.97 Å². The molecule has 0 spiro atoms. The maximum Gasteiger partial charge on any atom is 0.260 e. The van der Waals surface area contributed by atoms with Crippen LogP contribution in [0.4, 0.5) is 10.3 Å². The third kappa shape index (κ3) is 2.69. The average Bonchev–Trinajstić information content (AvgIpc) is 2.35. The van der Waals surface area contributed by atoms with Crippen LogP contribution in [0.15, 0.2) is 30.5 Å². The van der Waals surface area contributed by atoms with Gasteiger partial charge in [-0.1, -0.05) is 17.7 Å². The summed E-state index contributed by atoms with van der Waals surface area (Å²) in [6, 6.07) is 7.28. The van der Waals surface area contributed by atoms with Crippen LogP contribution in [0.3, 0.4) is 0 Å². The minimum atomic E-state index is -0.593. The van der Waals surface area contributed by atoms with E-state index in [4.69, 9.17) is 4.74 Å². The zero-order valence-electron chi connectivity index (χ0n) is 9.57. The van der Waals surface area contributed by atoms with Gasteiger partial charge in [0.25, 0.3) is 5.88 Å². The molecule has 0 unspecified atom stereocenters. The highest BCUT2D eigenvalue weighted by molar-refractivity contribution is 5.33. The lowest BCUT2D eigenvalue weighted by Crippen LogP contribution is -2.00. The Morgan fingerprint density at radius 1 is 1.24 bits per heavy atom. The molecule has 1 aromatic carbocycles. The number of benzene rings is 1. The number of aromatic nitrogens is 2. The number of hydrogen-bond donors (Lipinski definition) is 1. The summed E-state index contributed by atoms with van der Waals surface area (Å²) in [4.78, 5) is 7.62. The van der Waals surface area contributed by atoms with Gasteiger partial charge in [-0.3, -0.25) is 0 Å². The van der Waals surface area contributed by atoms with Crippen molar-refractivity contribution in [1.29, 1.82) is 0 Å². The lowest BCUT2D eigenvalue weighted by Gasteiger charge is -2.06. The first kappa shape index (κ1) is 11.3. The van der Waals surface area contributed by atoms with Crippen LogP contribution in [0.1, 0.15) is 5.56 Å². The van der Waals surface area contributed by atoms with Crippen molar-refractivity contribution in [3.8, 4) is 11.6 Å². The third-order valence-corrected chi connectivity index (χ3v) is 2.17. The second-order valence-corrected chi connectivity index (χ2v) is 3.51. The van der Waals surface area contributed by atoms with Gasteiger partial charge in [-0.15, -0.1) is 0 Å². The molecular weight excluding hydrogens is 221 g/mol. The Labute approximate surface area is 98.5 Å². The predicted molar refractivity (Wildman–Crippen MR) is 62.8 cm³/mol. The fraction of sp³-hybridized carbons (Fsp3) is 0.167. The fourth-order valence-electron chi connectivity index (χ4n) is 1.26. The highest BCUT2D eigenvalue weighted by Gasteiger charge is 2.08. The Kier molecular flexibility index (Phi) is 3.18. The van der Waals surface area contributed by atoms with Crippen LogP contribution in [0.25, 0.3) is 0 Å². The molecular formula is C12H12FN3O. The van der Waals surface area contributed by atoms with Crippen molar-refractivity contribution in [3.63, 3.8) is 0 Å². The molecule has 0 bridgehead atoms. The summed E-state index contributed by atoms with van der Waals surface area (Å²) in [5.41, 5.74) is 1.11. The minimum Gasteiger partial charge on any atom is -0.436 e. The summed E-state index contributed by atoms with van der Waals surface area (Å²) in [6.45, 7) is 1.97. The summed E-state index contributed by atoms with van der Waals surface area (Å²) in [6.07, 6.45) is 1.07. The van der Waals surface area contributed by atoms with E-state index in [2.05, 4.69) is 15.3 Å². The van der Waals surface area contributed by atoms with E-state index in [0.29, 0.717) is 11.7 Å². The molecule has 0 radical (unpaired) electrons. The van der Waals surface area contributed by atoms with E-state index in [1.165, 1.54) is 0 Å². The van der Waals surface area contributed by atoms with Gasteiger partial charge in [0, 0.05) is 7.05 Å². The highest BCUT2D eigenvalue weighted by atomic mass is 19.1. The van der Waals surface area contributed by atoms with Crippen molar-refractivity contribution in [3.05, 3.63) is 41.8 Å². The Hall–Kier alpha value is -2.17. The summed E-state index contributed by atoms with van der Waals surface area (Å²) < 4.78 is 18.7. The van der Waals surface area contributed by atoms with E-state index in [-0.39, 0.29) is 5.88 Å². The Morgan fingerprint density at radius 2 is 1.94 bits per heavy atom. The Balaban J connectivity index is 2.25. The predicted octanol–water partition coefficient (Wildman–Crippen LogP) is 2.76. The zero-order valence-corrected chi connectivity index (χ0v) is 9.57. The number of nitrogens with zero attached hydrogens (tertiary/aromatic N) is 2. The first-order valence-corrected chi connectivity index (χ1v) is 5.14. The van der Waals surface area contributed by atoms with Gasteiger partial charge >= 0.3 is 0 Å². The van der Waals surface area contributed by atoms with Gasteiger partial charge in [0.1, 0.15) is 5.75 Å². The van der Waals surface area contributed by atoms with Crippen molar-refractivity contribution in [2.75, 3.05) is 12.4 Å². The van der Waals surface area contributed by atoms with Crippen molar-refractivity contribution >= 4 is 5.95 Å². The van der Waals surface area contributed by atoms with Crippen molar-refractivity contribution in [2.45, 2.75) is 6.92 Å². The molecule has 0 aliphatic rings. The second-order valence-electron chi connectivity index (χ2n) is 3.51. The molecule has 1 heterocycles. The summed E-state index contributed by atoms with van der Waals surface area (Å²) >= 11 is 0. The third-order valence-electron chi connectivity index (χ3n) is 2.17. The van der Waals surface area contributed by atoms with Gasteiger partial charge in [-0.25, -0.2) is 4.98 Å². The van der Waals surface area contributed by atoms with E-state index >= 15 is 0 Å². The second kappa shape index (κ2) is 4.78. The SMILES string of the molecule is CNc1ncc(F)c(Oc2ccc(C)cc2)n1. The molecule has 0 saturated carbocycles. The van der Waals surface area contributed by atoms with Crippen LogP contribution in [-0.2, 0) is 0 Å². The number of hydrogen-bond acceptors (Lipinski definition) is 4. The highest BCUT2D eigenvalue weighted by Crippen LogP contribution is 2.22. The quantitative estimate of drug-likeness (QED) is 0.885. The standard InChI is InChI=1S/C12H12FN3O/c1-8-3-5-9(6-4-8)17-11-10(13)7-15-12(14-2)16-11/h3-7H,1-2H3,(H,14,15,16). The van der Waals surface area contributed by atoms with Crippen LogP contribution >= 0.6 is 0 Å². The Morgan fingerprint density at radius 3 is 2.59 bits per heavy atom. The van der Waals surface area contributed by atoms with E-state index in [0.717, 1.165) is 11.8 Å². The average molecular weight is 233 g/mol. The topological polar surface area (TPSA) is 47.0 Å². The maximum absolute atomic E-state index is 13.4. The van der Waals surface area contributed by atoms with Gasteiger partial charge in [0.2, 0.25) is 11.8 Å². The van der Waals surface area contributed by atoms with Crippen LogP contribution < -0.4 is 10.1 Å². The first-order chi connectivity index (χ1) is 8.19. The van der Waals surface area contributed by atoms with E-state index in [1.54, 1.807) is 19.2 Å². The molecule has 5 heteroatoms. The van der Waals surface area contributed by atoms with Crippen LogP contribution in [0, 0.1) is 12.7 Å². The molecule has 1 aromatic heterocycles. The number of halogens is 1. The van der Waals surface area contributed by atoms with Gasteiger partial charge in [0.05, 0.1) is 6.20 Å². The molecule has 17 heavy (non-hydrogen) atoms. The van der Waals surface area contributed by atoms with Gasteiger partial charge in [-0.05, 0) is 19.1 Å². The smallest absolute Gasteiger partial charge is 0.260 e. The summed E-state index contributed by atoms with van der Waals surface area (Å²) in [5.74, 6) is 0.168. The first-order valence-electron chi connectivity index (χ1n) is 5.14. The molecule has 2 rings (SSSR count). The molecule has 0 fully saturated rings. The monoisotopic (exact) mass is 233 g/mol. The normalized spacial score (nSPS) is 10.1. The molecule has 4 nitrogen and oxygen atoms in total. The molecule has 88 valence electrons. The van der Waals surface area contributed by atoms with Crippen LogP contribution in [-0.4, -0.2) is 17.0 Å². The molecule has 0 amide bonds. The molecule has 1 N–H and O–H groups in total. The molecule has 0 aliphatic heterocycles. The van der Waals surface area contributed by atoms with Crippen molar-refractivity contribution < 1.29 is 9.13 Å². The van der Waals surface area contributed by atoms with Gasteiger partial charge in [-0.2, -0.15) is 9.37 Å². The molecule has 2 aromatic rings. The number of ether oxygens (including phenoxy) is 1. The lowest BCUT2D eigenvalue weighted by molar-refractivity contribution is 0.420. The van der Waals surface area contributed by atoms with E-state index < -0.39 is 5.82 Å². The molecule has 0 aliphatic carbocycles. The number of anilines is 1. The number of aryl methyl sites for hydroxylation is 1. The van der Waals surface area contributed by atoms with Crippen molar-refractivity contribution in [2.24, 2.45) is 0 Å². The molecule has 0 atom stereocenters. The van der Waals surface area contributed by atoms with Gasteiger partial charge in [0.15, 0.2) is 0 Å². The van der Waals surface area contributed by atoms with Crippen LogP contribution in [0.2, 0.25) is 0 Å². The summed E-state index contributed by atoms with van der Waals surface area (Å²) in [5, 5.41) is 2.72. The number of rotatable bonds is 3. The van der Waals surface area contributed by atoms with E-state index in [9.17, 15) is 4.39 Å². The number of nitrogens with one attached hydrogen (secondary N) is 1. The maximum atomic E-state index is 13.4. The van der Waals surface area contributed by atoms with E-state index in [1.807, 2.05) is 19.1 Å². The fourth-order valence-corrected chi connectivity index (χ4v) is 1.26. The Bertz CT molecular complexity index is 514. The van der Waals surface area contributed by atoms with Crippen LogP contribution in [0.5, 0.6) is 11.6 Å².